The summed E-state index contributed by atoms with van der Waals surface area (Å²) in [5.41, 5.74) is 0. The van der Waals surface area contributed by atoms with E-state index >= 15 is 0 Å². The third-order valence-electron chi connectivity index (χ3n) is 2.52. The van der Waals surface area contributed by atoms with Crippen molar-refractivity contribution in [3.05, 3.63) is 12.2 Å². The van der Waals surface area contributed by atoms with E-state index in [1.807, 2.05) is 0 Å². The number of carbonyl (C=O) groups excluding carboxylic acids is 1. The Kier molecular flexibility index (Phi) is 1.34. The maximum Gasteiger partial charge on any atom is 0.225 e. The van der Waals surface area contributed by atoms with Gasteiger partial charge in [0.1, 0.15) is 0 Å². The van der Waals surface area contributed by atoms with Crippen molar-refractivity contribution >= 4 is 16.8 Å². The lowest BCUT2D eigenvalue weighted by molar-refractivity contribution is -0.113. The van der Waals surface area contributed by atoms with E-state index in [2.05, 4.69) is 12.2 Å². The highest BCUT2D eigenvalue weighted by Crippen LogP contribution is 2.53. The van der Waals surface area contributed by atoms with Crippen LogP contribution in [0, 0.1) is 17.8 Å². The molecule has 3 atom stereocenters. The van der Waals surface area contributed by atoms with E-state index in [9.17, 15) is 4.79 Å². The molecule has 10 heavy (non-hydrogen) atoms. The number of rotatable bonds is 1. The van der Waals surface area contributed by atoms with Gasteiger partial charge in [0.25, 0.3) is 0 Å². The molecule has 0 bridgehead atoms. The Bertz CT molecular complexity index is 197. The molecule has 0 saturated heterocycles. The van der Waals surface area contributed by atoms with Gasteiger partial charge in [-0.2, -0.15) is 0 Å². The summed E-state index contributed by atoms with van der Waals surface area (Å²) in [4.78, 5) is 10.7. The first-order valence-corrected chi connectivity index (χ1v) is 4.04. The second-order valence-corrected chi connectivity index (χ2v) is 3.45. The van der Waals surface area contributed by atoms with Gasteiger partial charge in [-0.15, -0.1) is 0 Å². The zero-order valence-electron chi connectivity index (χ0n) is 5.59. The second-order valence-electron chi connectivity index (χ2n) is 3.08. The summed E-state index contributed by atoms with van der Waals surface area (Å²) in [6.45, 7) is 0. The summed E-state index contributed by atoms with van der Waals surface area (Å²) in [6.07, 6.45) is 6.58. The monoisotopic (exact) mass is 156 g/mol. The van der Waals surface area contributed by atoms with Crippen LogP contribution in [0.2, 0.25) is 0 Å². The van der Waals surface area contributed by atoms with Crippen LogP contribution in [0.5, 0.6) is 0 Å². The minimum Gasteiger partial charge on any atom is -0.281 e. The number of fused-ring (bicyclic) bond motifs is 1. The predicted molar refractivity (Wildman–Crippen MR) is 39.7 cm³/mol. The van der Waals surface area contributed by atoms with Crippen molar-refractivity contribution in [2.75, 3.05) is 0 Å². The third-order valence-corrected chi connectivity index (χ3v) is 2.77. The van der Waals surface area contributed by atoms with Crippen LogP contribution in [-0.2, 0) is 4.79 Å². The summed E-state index contributed by atoms with van der Waals surface area (Å²) >= 11 is 5.38. The van der Waals surface area contributed by atoms with Crippen LogP contribution >= 0.6 is 11.6 Å². The summed E-state index contributed by atoms with van der Waals surface area (Å²) in [5, 5.41) is -0.137. The number of carbonyl (C=O) groups is 1. The molecule has 0 aromatic heterocycles. The Balaban J connectivity index is 2.08. The van der Waals surface area contributed by atoms with E-state index in [1.165, 1.54) is 0 Å². The molecule has 2 aliphatic carbocycles. The fraction of sp³-hybridized carbons (Fsp3) is 0.625. The van der Waals surface area contributed by atoms with Gasteiger partial charge >= 0.3 is 0 Å². The lowest BCUT2D eigenvalue weighted by Gasteiger charge is -1.96. The maximum atomic E-state index is 10.7. The van der Waals surface area contributed by atoms with Gasteiger partial charge < -0.3 is 0 Å². The molecule has 0 amide bonds. The van der Waals surface area contributed by atoms with E-state index in [0.29, 0.717) is 11.8 Å². The van der Waals surface area contributed by atoms with Crippen molar-refractivity contribution < 1.29 is 4.79 Å². The first-order valence-electron chi connectivity index (χ1n) is 3.66. The molecule has 0 N–H and O–H groups in total. The standard InChI is InChI=1S/C8H9ClO/c9-8(10)7-5-3-1-2-4-6(5)7/h1,3,5-7H,2,4H2/t5-,6+,7+/m1/s1. The summed E-state index contributed by atoms with van der Waals surface area (Å²) in [5.74, 6) is 1.26. The average molecular weight is 157 g/mol. The van der Waals surface area contributed by atoms with Crippen molar-refractivity contribution in [2.45, 2.75) is 12.8 Å². The number of allylic oxidation sites excluding steroid dienone is 2. The van der Waals surface area contributed by atoms with E-state index in [-0.39, 0.29) is 11.2 Å². The van der Waals surface area contributed by atoms with Gasteiger partial charge in [-0.1, -0.05) is 12.2 Å². The molecule has 1 saturated carbocycles. The van der Waals surface area contributed by atoms with E-state index in [0.717, 1.165) is 12.8 Å². The minimum atomic E-state index is -0.137. The van der Waals surface area contributed by atoms with Gasteiger partial charge in [0.2, 0.25) is 5.24 Å². The zero-order chi connectivity index (χ0) is 7.14. The van der Waals surface area contributed by atoms with E-state index < -0.39 is 0 Å². The highest BCUT2D eigenvalue weighted by atomic mass is 35.5. The molecule has 0 unspecified atom stereocenters. The van der Waals surface area contributed by atoms with Crippen molar-refractivity contribution in [1.29, 1.82) is 0 Å². The first-order chi connectivity index (χ1) is 4.80. The smallest absolute Gasteiger partial charge is 0.225 e. The largest absolute Gasteiger partial charge is 0.281 e. The predicted octanol–water partition coefficient (Wildman–Crippen LogP) is 1.96. The Morgan fingerprint density at radius 1 is 1.60 bits per heavy atom. The molecular weight excluding hydrogens is 148 g/mol. The molecule has 0 heterocycles. The molecule has 0 aromatic rings. The Labute approximate surface area is 65.1 Å². The van der Waals surface area contributed by atoms with Gasteiger partial charge in [0.05, 0.1) is 0 Å². The Morgan fingerprint density at radius 2 is 2.40 bits per heavy atom. The SMILES string of the molecule is O=C(Cl)[C@H]1[C@@H]2C=CCC[C@@H]21. The van der Waals surface area contributed by atoms with Gasteiger partial charge in [0, 0.05) is 5.92 Å². The van der Waals surface area contributed by atoms with Crippen molar-refractivity contribution in [2.24, 2.45) is 17.8 Å². The molecule has 2 heteroatoms. The van der Waals surface area contributed by atoms with Crippen LogP contribution < -0.4 is 0 Å². The van der Waals surface area contributed by atoms with Crippen molar-refractivity contribution in [1.82, 2.24) is 0 Å². The number of halogens is 1. The van der Waals surface area contributed by atoms with Crippen molar-refractivity contribution in [3.8, 4) is 0 Å². The van der Waals surface area contributed by atoms with Gasteiger partial charge in [-0.05, 0) is 36.3 Å². The summed E-state index contributed by atoms with van der Waals surface area (Å²) in [7, 11) is 0. The van der Waals surface area contributed by atoms with Crippen LogP contribution in [-0.4, -0.2) is 5.24 Å². The van der Waals surface area contributed by atoms with Crippen LogP contribution in [0.15, 0.2) is 12.2 Å². The topological polar surface area (TPSA) is 17.1 Å². The van der Waals surface area contributed by atoms with E-state index in [4.69, 9.17) is 11.6 Å². The molecule has 1 fully saturated rings. The van der Waals surface area contributed by atoms with Crippen LogP contribution in [0.25, 0.3) is 0 Å². The lowest BCUT2D eigenvalue weighted by atomic mass is 10.1. The van der Waals surface area contributed by atoms with Crippen LogP contribution in [0.4, 0.5) is 0 Å². The van der Waals surface area contributed by atoms with E-state index in [1.54, 1.807) is 0 Å². The first kappa shape index (κ1) is 6.41. The average Bonchev–Trinajstić information content (AvgIpc) is 2.60. The number of hydrogen-bond donors (Lipinski definition) is 0. The van der Waals surface area contributed by atoms with Crippen LogP contribution in [0.3, 0.4) is 0 Å². The normalized spacial score (nSPS) is 42.7. The highest BCUT2D eigenvalue weighted by molar-refractivity contribution is 6.64. The summed E-state index contributed by atoms with van der Waals surface area (Å²) in [6, 6.07) is 0. The molecule has 54 valence electrons. The van der Waals surface area contributed by atoms with Crippen LogP contribution in [0.1, 0.15) is 12.8 Å². The minimum absolute atomic E-state index is 0.137. The fourth-order valence-corrected chi connectivity index (χ4v) is 2.20. The van der Waals surface area contributed by atoms with Gasteiger partial charge in [-0.3, -0.25) is 4.79 Å². The molecule has 1 nitrogen and oxygen atoms in total. The lowest BCUT2D eigenvalue weighted by Crippen LogP contribution is -1.91. The fourth-order valence-electron chi connectivity index (χ4n) is 1.90. The second kappa shape index (κ2) is 2.09. The number of hydrogen-bond acceptors (Lipinski definition) is 1. The third kappa shape index (κ3) is 0.807. The molecule has 0 aliphatic heterocycles. The Morgan fingerprint density at radius 3 is 2.90 bits per heavy atom. The van der Waals surface area contributed by atoms with Crippen molar-refractivity contribution in [3.63, 3.8) is 0 Å². The molecule has 2 aliphatic rings. The molecule has 0 spiro atoms. The van der Waals surface area contributed by atoms with Gasteiger partial charge in [0.15, 0.2) is 0 Å². The molecule has 0 radical (unpaired) electrons. The maximum absolute atomic E-state index is 10.7. The zero-order valence-corrected chi connectivity index (χ0v) is 6.34. The Hall–Kier alpha value is -0.300. The van der Waals surface area contributed by atoms with Gasteiger partial charge in [-0.25, -0.2) is 0 Å². The quantitative estimate of drug-likeness (QED) is 0.419. The highest BCUT2D eigenvalue weighted by Gasteiger charge is 2.52. The molecular formula is C8H9ClO. The molecule has 0 aromatic carbocycles. The summed E-state index contributed by atoms with van der Waals surface area (Å²) < 4.78 is 0. The molecule has 2 rings (SSSR count).